The van der Waals surface area contributed by atoms with E-state index < -0.39 is 23.4 Å². The summed E-state index contributed by atoms with van der Waals surface area (Å²) in [7, 11) is 2.89. The average Bonchev–Trinajstić information content (AvgIpc) is 2.35. The van der Waals surface area contributed by atoms with E-state index in [0.29, 0.717) is 0 Å². The molecule has 0 fully saturated rings. The molecule has 0 aromatic rings. The standard InChI is InChI=1S/C12H16N4O4/c1-5(17)15-9-7(13-3)12(20)10(16-6(2)18)8(14-4)11(9)19/h13-14H,1-4H3,(H,15,17)(H,16,18). The number of Topliss-reactive ketones (excluding diaryl/α,β-unsaturated/α-hetero) is 2. The van der Waals surface area contributed by atoms with Gasteiger partial charge in [-0.3, -0.25) is 19.2 Å². The lowest BCUT2D eigenvalue weighted by molar-refractivity contribution is -0.122. The van der Waals surface area contributed by atoms with Crippen LogP contribution in [0.4, 0.5) is 0 Å². The maximum Gasteiger partial charge on any atom is 0.229 e. The summed E-state index contributed by atoms with van der Waals surface area (Å²) in [5.74, 6) is -2.13. The Kier molecular flexibility index (Phi) is 4.63. The molecule has 0 heterocycles. The first kappa shape index (κ1) is 15.4. The van der Waals surface area contributed by atoms with E-state index in [2.05, 4.69) is 21.3 Å². The minimum atomic E-state index is -0.588. The predicted molar refractivity (Wildman–Crippen MR) is 69.8 cm³/mol. The number of rotatable bonds is 4. The quantitative estimate of drug-likeness (QED) is 0.455. The van der Waals surface area contributed by atoms with Crippen molar-refractivity contribution in [2.75, 3.05) is 14.1 Å². The number of nitrogens with one attached hydrogen (secondary N) is 4. The number of ketones is 2. The van der Waals surface area contributed by atoms with Crippen molar-refractivity contribution in [1.29, 1.82) is 0 Å². The summed E-state index contributed by atoms with van der Waals surface area (Å²) in [6.07, 6.45) is 0. The van der Waals surface area contributed by atoms with Gasteiger partial charge in [-0.1, -0.05) is 0 Å². The summed E-state index contributed by atoms with van der Waals surface area (Å²) < 4.78 is 0. The number of amides is 2. The fourth-order valence-corrected chi connectivity index (χ4v) is 1.77. The van der Waals surface area contributed by atoms with Crippen LogP contribution in [0.15, 0.2) is 22.8 Å². The summed E-state index contributed by atoms with van der Waals surface area (Å²) in [6, 6.07) is 0. The zero-order chi connectivity index (χ0) is 15.4. The molecule has 20 heavy (non-hydrogen) atoms. The van der Waals surface area contributed by atoms with E-state index in [4.69, 9.17) is 0 Å². The molecule has 4 N–H and O–H groups in total. The van der Waals surface area contributed by atoms with Crippen molar-refractivity contribution in [2.24, 2.45) is 0 Å². The summed E-state index contributed by atoms with van der Waals surface area (Å²) >= 11 is 0. The second-order valence-electron chi connectivity index (χ2n) is 4.02. The van der Waals surface area contributed by atoms with Crippen LogP contribution in [0.3, 0.4) is 0 Å². The lowest BCUT2D eigenvalue weighted by atomic mass is 9.98. The van der Waals surface area contributed by atoms with E-state index in [-0.39, 0.29) is 22.8 Å². The Morgan fingerprint density at radius 3 is 1.20 bits per heavy atom. The Labute approximate surface area is 115 Å². The Hall–Kier alpha value is -2.64. The number of carbonyl (C=O) groups excluding carboxylic acids is 4. The van der Waals surface area contributed by atoms with Gasteiger partial charge in [0.15, 0.2) is 0 Å². The maximum atomic E-state index is 12.3. The monoisotopic (exact) mass is 280 g/mol. The van der Waals surface area contributed by atoms with E-state index in [1.54, 1.807) is 0 Å². The van der Waals surface area contributed by atoms with Gasteiger partial charge in [0.25, 0.3) is 0 Å². The van der Waals surface area contributed by atoms with Gasteiger partial charge in [-0.25, -0.2) is 0 Å². The molecule has 1 aliphatic rings. The van der Waals surface area contributed by atoms with Gasteiger partial charge >= 0.3 is 0 Å². The Morgan fingerprint density at radius 1 is 0.700 bits per heavy atom. The fourth-order valence-electron chi connectivity index (χ4n) is 1.77. The average molecular weight is 280 g/mol. The largest absolute Gasteiger partial charge is 0.383 e. The molecule has 8 heteroatoms. The van der Waals surface area contributed by atoms with Gasteiger partial charge in [-0.05, 0) is 0 Å². The van der Waals surface area contributed by atoms with Crippen LogP contribution in [0.1, 0.15) is 13.8 Å². The lowest BCUT2D eigenvalue weighted by Gasteiger charge is -2.23. The molecule has 0 aromatic carbocycles. The Balaban J connectivity index is 3.38. The van der Waals surface area contributed by atoms with E-state index in [1.807, 2.05) is 0 Å². The van der Waals surface area contributed by atoms with Crippen LogP contribution in [0.25, 0.3) is 0 Å². The normalized spacial score (nSPS) is 15.2. The third kappa shape index (κ3) is 2.85. The van der Waals surface area contributed by atoms with Crippen molar-refractivity contribution in [3.8, 4) is 0 Å². The van der Waals surface area contributed by atoms with Crippen LogP contribution >= 0.6 is 0 Å². The summed E-state index contributed by atoms with van der Waals surface area (Å²) in [5, 5.41) is 9.78. The van der Waals surface area contributed by atoms with Crippen molar-refractivity contribution < 1.29 is 19.2 Å². The number of hydrogen-bond acceptors (Lipinski definition) is 6. The molecule has 108 valence electrons. The van der Waals surface area contributed by atoms with Crippen molar-refractivity contribution in [3.05, 3.63) is 22.8 Å². The molecule has 0 saturated heterocycles. The predicted octanol–water partition coefficient (Wildman–Crippen LogP) is -1.73. The van der Waals surface area contributed by atoms with E-state index in [9.17, 15) is 19.2 Å². The molecular weight excluding hydrogens is 264 g/mol. The fraction of sp³-hybridized carbons (Fsp3) is 0.333. The number of likely N-dealkylation sites (N-methyl/N-ethyl adjacent to an activating group) is 2. The van der Waals surface area contributed by atoms with Gasteiger partial charge in [-0.15, -0.1) is 0 Å². The zero-order valence-electron chi connectivity index (χ0n) is 11.6. The van der Waals surface area contributed by atoms with Gasteiger partial charge in [-0.2, -0.15) is 0 Å². The van der Waals surface area contributed by atoms with E-state index >= 15 is 0 Å². The van der Waals surface area contributed by atoms with Gasteiger partial charge in [0.05, 0.1) is 0 Å². The molecule has 0 radical (unpaired) electrons. The molecule has 0 aromatic heterocycles. The van der Waals surface area contributed by atoms with Gasteiger partial charge in [0.1, 0.15) is 22.8 Å². The molecule has 2 amide bonds. The van der Waals surface area contributed by atoms with Crippen molar-refractivity contribution in [3.63, 3.8) is 0 Å². The number of hydrogen-bond donors (Lipinski definition) is 4. The van der Waals surface area contributed by atoms with Crippen LogP contribution in [0.2, 0.25) is 0 Å². The molecule has 0 spiro atoms. The SMILES string of the molecule is CNC1=C(NC(C)=O)C(=O)C(NC)=C(NC(C)=O)C1=O. The first-order valence-electron chi connectivity index (χ1n) is 5.82. The summed E-state index contributed by atoms with van der Waals surface area (Å²) in [4.78, 5) is 46.8. The third-order valence-electron chi connectivity index (χ3n) is 2.51. The van der Waals surface area contributed by atoms with Crippen LogP contribution < -0.4 is 21.3 Å². The summed E-state index contributed by atoms with van der Waals surface area (Å²) in [6.45, 7) is 2.45. The third-order valence-corrected chi connectivity index (χ3v) is 2.51. The Bertz CT molecular complexity index is 510. The van der Waals surface area contributed by atoms with Gasteiger partial charge in [0.2, 0.25) is 23.4 Å². The van der Waals surface area contributed by atoms with Crippen molar-refractivity contribution >= 4 is 23.4 Å². The molecule has 0 bridgehead atoms. The first-order valence-corrected chi connectivity index (χ1v) is 5.82. The zero-order valence-corrected chi connectivity index (χ0v) is 11.6. The minimum absolute atomic E-state index is 0.0760. The van der Waals surface area contributed by atoms with E-state index in [0.717, 1.165) is 0 Å². The smallest absolute Gasteiger partial charge is 0.229 e. The van der Waals surface area contributed by atoms with Crippen LogP contribution in [0, 0.1) is 0 Å². The van der Waals surface area contributed by atoms with Crippen molar-refractivity contribution in [1.82, 2.24) is 21.3 Å². The minimum Gasteiger partial charge on any atom is -0.383 e. The molecule has 1 aliphatic carbocycles. The van der Waals surface area contributed by atoms with Crippen LogP contribution in [0.5, 0.6) is 0 Å². The van der Waals surface area contributed by atoms with Crippen LogP contribution in [-0.2, 0) is 19.2 Å². The maximum absolute atomic E-state index is 12.3. The van der Waals surface area contributed by atoms with Crippen molar-refractivity contribution in [2.45, 2.75) is 13.8 Å². The Morgan fingerprint density at radius 2 is 1.00 bits per heavy atom. The van der Waals surface area contributed by atoms with Gasteiger partial charge < -0.3 is 21.3 Å². The number of carbonyl (C=O) groups is 4. The molecule has 0 saturated carbocycles. The molecule has 0 atom stereocenters. The molecule has 8 nitrogen and oxygen atoms in total. The second kappa shape index (κ2) is 6.00. The highest BCUT2D eigenvalue weighted by atomic mass is 16.2. The topological polar surface area (TPSA) is 116 Å². The van der Waals surface area contributed by atoms with Gasteiger partial charge in [0, 0.05) is 27.9 Å². The molecule has 0 unspecified atom stereocenters. The first-order chi connectivity index (χ1) is 9.33. The second-order valence-corrected chi connectivity index (χ2v) is 4.02. The highest BCUT2D eigenvalue weighted by Gasteiger charge is 2.35. The van der Waals surface area contributed by atoms with Crippen LogP contribution in [-0.4, -0.2) is 37.5 Å². The molecular formula is C12H16N4O4. The lowest BCUT2D eigenvalue weighted by Crippen LogP contribution is -2.44. The highest BCUT2D eigenvalue weighted by molar-refractivity contribution is 6.25. The molecule has 0 aliphatic heterocycles. The highest BCUT2D eigenvalue weighted by Crippen LogP contribution is 2.18. The summed E-state index contributed by atoms with van der Waals surface area (Å²) in [5.41, 5.74) is -0.451. The van der Waals surface area contributed by atoms with E-state index in [1.165, 1.54) is 27.9 Å². The molecule has 1 rings (SSSR count).